The monoisotopic (exact) mass is 860 g/mol. The van der Waals surface area contributed by atoms with Crippen molar-refractivity contribution in [3.63, 3.8) is 0 Å². The maximum absolute atomic E-state index is 13.8. The van der Waals surface area contributed by atoms with Gasteiger partial charge in [-0.05, 0) is 95.2 Å². The third-order valence-electron chi connectivity index (χ3n) is 13.2. The van der Waals surface area contributed by atoms with E-state index < -0.39 is 30.1 Å². The second-order valence-corrected chi connectivity index (χ2v) is 17.9. The number of amides is 4. The highest BCUT2D eigenvalue weighted by atomic mass is 16.7. The van der Waals surface area contributed by atoms with Crippen molar-refractivity contribution in [2.24, 2.45) is 11.8 Å². The number of carbonyl (C=O) groups excluding carboxylic acids is 4. The smallest absolute Gasteiger partial charge is 0.407 e. The molecule has 3 aromatic carbocycles. The average molecular weight is 861 g/mol. The minimum absolute atomic E-state index is 0.126. The van der Waals surface area contributed by atoms with Crippen molar-refractivity contribution in [3.8, 4) is 22.3 Å². The Hall–Kier alpha value is -6.00. The Balaban J connectivity index is 1.01. The van der Waals surface area contributed by atoms with Crippen LogP contribution in [0.1, 0.15) is 88.2 Å². The normalized spacial score (nSPS) is 20.3. The van der Waals surface area contributed by atoms with E-state index >= 15 is 0 Å². The van der Waals surface area contributed by atoms with Gasteiger partial charge in [0.05, 0.1) is 61.6 Å². The molecule has 3 saturated heterocycles. The number of nitrogens with zero attached hydrogens (tertiary/aromatic N) is 4. The van der Waals surface area contributed by atoms with Gasteiger partial charge in [-0.2, -0.15) is 0 Å². The van der Waals surface area contributed by atoms with Crippen LogP contribution >= 0.6 is 0 Å². The van der Waals surface area contributed by atoms with Gasteiger partial charge in [0, 0.05) is 25.9 Å². The van der Waals surface area contributed by atoms with Gasteiger partial charge >= 0.3 is 12.2 Å². The number of imidazole rings is 2. The number of ether oxygens (including phenoxy) is 4. The number of methoxy groups -OCH3 is 2. The van der Waals surface area contributed by atoms with Gasteiger partial charge in [-0.3, -0.25) is 9.59 Å². The first kappa shape index (κ1) is 42.3. The second kappa shape index (κ2) is 16.9. The fourth-order valence-electron chi connectivity index (χ4n) is 10.0. The van der Waals surface area contributed by atoms with E-state index in [2.05, 4.69) is 57.0 Å². The summed E-state index contributed by atoms with van der Waals surface area (Å²) in [6.45, 7) is 9.86. The van der Waals surface area contributed by atoms with Crippen LogP contribution in [0.5, 0.6) is 0 Å². The predicted molar refractivity (Wildman–Crippen MR) is 234 cm³/mol. The highest BCUT2D eigenvalue weighted by molar-refractivity contribution is 5.90. The molecule has 3 aliphatic heterocycles. The Labute approximate surface area is 365 Å². The largest absolute Gasteiger partial charge is 0.453 e. The zero-order valence-electron chi connectivity index (χ0n) is 36.7. The van der Waals surface area contributed by atoms with Crippen molar-refractivity contribution in [1.82, 2.24) is 40.4 Å². The molecule has 5 heterocycles. The number of benzene rings is 3. The molecular formula is C47H56N8O8. The minimum Gasteiger partial charge on any atom is -0.453 e. The molecular weight excluding hydrogens is 805 g/mol. The van der Waals surface area contributed by atoms with Gasteiger partial charge in [-0.15, -0.1) is 0 Å². The molecule has 4 atom stereocenters. The molecule has 3 fully saturated rings. The summed E-state index contributed by atoms with van der Waals surface area (Å²) in [6.07, 6.45) is 3.14. The zero-order chi connectivity index (χ0) is 44.2. The van der Waals surface area contributed by atoms with E-state index in [1.165, 1.54) is 25.3 Å². The summed E-state index contributed by atoms with van der Waals surface area (Å²) in [5, 5.41) is 5.45. The van der Waals surface area contributed by atoms with E-state index in [0.717, 1.165) is 81.7 Å². The number of hydrogen-bond donors (Lipinski definition) is 4. The summed E-state index contributed by atoms with van der Waals surface area (Å²) < 4.78 is 22.3. The van der Waals surface area contributed by atoms with Gasteiger partial charge in [0.2, 0.25) is 11.8 Å². The van der Waals surface area contributed by atoms with Crippen LogP contribution < -0.4 is 10.6 Å². The molecule has 1 spiro atoms. The van der Waals surface area contributed by atoms with Gasteiger partial charge in [0.15, 0.2) is 5.79 Å². The van der Waals surface area contributed by atoms with Crippen LogP contribution in [0, 0.1) is 11.8 Å². The lowest BCUT2D eigenvalue weighted by atomic mass is 9.90. The van der Waals surface area contributed by atoms with Crippen LogP contribution in [-0.2, 0) is 41.4 Å². The number of hydrogen-bond acceptors (Lipinski definition) is 10. The maximum Gasteiger partial charge on any atom is 0.407 e. The lowest BCUT2D eigenvalue weighted by molar-refractivity contribution is -0.147. The van der Waals surface area contributed by atoms with Crippen molar-refractivity contribution < 1.29 is 38.1 Å². The summed E-state index contributed by atoms with van der Waals surface area (Å²) in [6, 6.07) is 14.9. The minimum atomic E-state index is -0.728. The van der Waals surface area contributed by atoms with E-state index in [9.17, 15) is 19.2 Å². The van der Waals surface area contributed by atoms with Crippen LogP contribution in [0.3, 0.4) is 0 Å². The van der Waals surface area contributed by atoms with E-state index in [0.29, 0.717) is 39.1 Å². The molecule has 5 aromatic rings. The summed E-state index contributed by atoms with van der Waals surface area (Å²) in [5.41, 5.74) is 9.94. The molecule has 0 bridgehead atoms. The van der Waals surface area contributed by atoms with E-state index in [4.69, 9.17) is 28.9 Å². The Morgan fingerprint density at radius 1 is 0.683 bits per heavy atom. The Bertz CT molecular complexity index is 2410. The van der Waals surface area contributed by atoms with E-state index in [1.54, 1.807) is 0 Å². The fraction of sp³-hybridized carbons (Fsp3) is 0.489. The van der Waals surface area contributed by atoms with Crippen LogP contribution in [0.25, 0.3) is 44.3 Å². The second-order valence-electron chi connectivity index (χ2n) is 17.9. The maximum atomic E-state index is 13.8. The number of aromatic amines is 2. The van der Waals surface area contributed by atoms with Crippen molar-refractivity contribution in [2.75, 3.05) is 40.5 Å². The molecule has 1 aliphatic carbocycles. The van der Waals surface area contributed by atoms with Crippen molar-refractivity contribution in [3.05, 3.63) is 71.3 Å². The van der Waals surface area contributed by atoms with Crippen LogP contribution in [0.15, 0.2) is 48.5 Å². The molecule has 4 amide bonds. The quantitative estimate of drug-likeness (QED) is 0.117. The molecule has 0 radical (unpaired) electrons. The zero-order valence-corrected chi connectivity index (χ0v) is 36.7. The molecule has 16 nitrogen and oxygen atoms in total. The van der Waals surface area contributed by atoms with E-state index in [1.807, 2.05) is 49.6 Å². The summed E-state index contributed by atoms with van der Waals surface area (Å²) in [5.74, 6) is 0.171. The van der Waals surface area contributed by atoms with Gasteiger partial charge in [0.1, 0.15) is 23.7 Å². The lowest BCUT2D eigenvalue weighted by Crippen LogP contribution is -2.51. The lowest BCUT2D eigenvalue weighted by Gasteiger charge is -2.29. The number of carbonyl (C=O) groups is 4. The number of rotatable bonds is 10. The molecule has 2 aromatic heterocycles. The number of nitrogens with one attached hydrogen (secondary N) is 4. The molecule has 4 N–H and O–H groups in total. The molecule has 332 valence electrons. The summed E-state index contributed by atoms with van der Waals surface area (Å²) in [7, 11) is 2.59. The molecule has 16 heteroatoms. The number of aromatic nitrogens is 4. The first-order valence-corrected chi connectivity index (χ1v) is 22.1. The standard InChI is InChI=1S/C47H56N8O8/c1-25(2)39(52-45(58)60-5)43(56)54-17-7-9-37(54)41-48-33-15-11-27(21-35(33)50-41)29-13-14-30(32-24-47(23-31(29)32)62-19-20-63-47)28-12-16-34-36(22-28)51-42(49-34)38-10-8-18-55(38)44(57)40(26(3)4)53-46(59)61-6/h11-16,21-22,25-26,37-40H,7-10,17-20,23-24H2,1-6H3,(H,48,50)(H,49,51)(H,52,58)(H,53,59). The van der Waals surface area contributed by atoms with Gasteiger partial charge in [0.25, 0.3) is 0 Å². The summed E-state index contributed by atoms with van der Waals surface area (Å²) in [4.78, 5) is 72.6. The molecule has 4 unspecified atom stereocenters. The molecule has 63 heavy (non-hydrogen) atoms. The van der Waals surface area contributed by atoms with Crippen LogP contribution in [0.4, 0.5) is 9.59 Å². The number of fused-ring (bicyclic) bond motifs is 3. The fourth-order valence-corrected chi connectivity index (χ4v) is 10.0. The van der Waals surface area contributed by atoms with Crippen molar-refractivity contribution >= 4 is 46.1 Å². The number of likely N-dealkylation sites (tertiary alicyclic amines) is 2. The van der Waals surface area contributed by atoms with Crippen molar-refractivity contribution in [2.45, 2.75) is 96.2 Å². The third kappa shape index (κ3) is 7.88. The van der Waals surface area contributed by atoms with E-state index in [-0.39, 0.29) is 35.7 Å². The summed E-state index contributed by atoms with van der Waals surface area (Å²) >= 11 is 0. The topological polar surface area (TPSA) is 193 Å². The highest BCUT2D eigenvalue weighted by Gasteiger charge is 2.45. The van der Waals surface area contributed by atoms with Crippen molar-refractivity contribution in [1.29, 1.82) is 0 Å². The Morgan fingerprint density at radius 2 is 1.11 bits per heavy atom. The predicted octanol–water partition coefficient (Wildman–Crippen LogP) is 6.70. The molecule has 4 aliphatic rings. The Kier molecular flexibility index (Phi) is 11.4. The van der Waals surface area contributed by atoms with Crippen LogP contribution in [0.2, 0.25) is 0 Å². The molecule has 9 rings (SSSR count). The van der Waals surface area contributed by atoms with Crippen LogP contribution in [-0.4, -0.2) is 112 Å². The van der Waals surface area contributed by atoms with Gasteiger partial charge < -0.3 is 49.3 Å². The third-order valence-corrected chi connectivity index (χ3v) is 13.2. The number of H-pyrrole nitrogens is 2. The SMILES string of the molecule is COC(=O)NC(C(=O)N1CCCC1c1nc2ccc(-c3ccc(-c4ccc5nc(C6CCCN6C(=O)C(NC(=O)OC)C(C)C)[nH]c5c4)c4c3CC3(C4)OCCO3)cc2[nH]1)C(C)C. The highest BCUT2D eigenvalue weighted by Crippen LogP contribution is 2.46. The first-order valence-electron chi connectivity index (χ1n) is 22.1. The number of alkyl carbamates (subject to hydrolysis) is 2. The molecule has 0 saturated carbocycles. The Morgan fingerprint density at radius 3 is 1.51 bits per heavy atom. The van der Waals surface area contributed by atoms with Gasteiger partial charge in [-0.25, -0.2) is 19.6 Å². The average Bonchev–Trinajstić information content (AvgIpc) is 4.14. The first-order chi connectivity index (χ1) is 30.4. The van der Waals surface area contributed by atoms with Gasteiger partial charge in [-0.1, -0.05) is 52.0 Å².